The first-order valence-electron chi connectivity index (χ1n) is 6.39. The van der Waals surface area contributed by atoms with Gasteiger partial charge in [0, 0.05) is 16.8 Å². The van der Waals surface area contributed by atoms with Crippen LogP contribution in [0.1, 0.15) is 31.9 Å². The second-order valence-corrected chi connectivity index (χ2v) is 7.48. The van der Waals surface area contributed by atoms with Gasteiger partial charge in [-0.3, -0.25) is 0 Å². The van der Waals surface area contributed by atoms with Gasteiger partial charge in [-0.1, -0.05) is 68.2 Å². The van der Waals surface area contributed by atoms with Gasteiger partial charge in [0.25, 0.3) is 0 Å². The second-order valence-electron chi connectivity index (χ2n) is 5.67. The zero-order valence-electron chi connectivity index (χ0n) is 11.8. The van der Waals surface area contributed by atoms with Crippen molar-refractivity contribution in [1.82, 2.24) is 4.98 Å². The summed E-state index contributed by atoms with van der Waals surface area (Å²) in [6.45, 7) is 6.65. The molecular weight excluding hydrogens is 309 g/mol. The number of rotatable bonds is 3. The summed E-state index contributed by atoms with van der Waals surface area (Å²) >= 11 is 13.6. The Morgan fingerprint density at radius 3 is 2.30 bits per heavy atom. The van der Waals surface area contributed by atoms with Gasteiger partial charge in [0.1, 0.15) is 5.15 Å². The molecule has 0 aliphatic carbocycles. The minimum Gasteiger partial charge on any atom is -0.243 e. The Hall–Kier alpha value is -0.700. The molecule has 0 amide bonds. The van der Waals surface area contributed by atoms with Gasteiger partial charge in [0.2, 0.25) is 0 Å². The normalized spacial score (nSPS) is 11.7. The summed E-state index contributed by atoms with van der Waals surface area (Å²) in [6.07, 6.45) is 1.72. The van der Waals surface area contributed by atoms with Crippen molar-refractivity contribution in [3.8, 4) is 0 Å². The highest BCUT2D eigenvalue weighted by Crippen LogP contribution is 2.31. The molecule has 1 heterocycles. The third-order valence-corrected chi connectivity index (χ3v) is 4.75. The molecule has 0 aliphatic heterocycles. The van der Waals surface area contributed by atoms with Gasteiger partial charge in [-0.25, -0.2) is 4.98 Å². The van der Waals surface area contributed by atoms with Gasteiger partial charge >= 0.3 is 0 Å². The van der Waals surface area contributed by atoms with E-state index in [9.17, 15) is 0 Å². The molecule has 0 radical (unpaired) electrons. The molecule has 0 saturated heterocycles. The summed E-state index contributed by atoms with van der Waals surface area (Å²) in [6, 6.07) is 10.4. The average Bonchev–Trinajstić information content (AvgIpc) is 2.37. The van der Waals surface area contributed by atoms with E-state index in [1.807, 2.05) is 0 Å². The molecule has 0 unspecified atom stereocenters. The predicted molar refractivity (Wildman–Crippen MR) is 89.0 cm³/mol. The monoisotopic (exact) mass is 325 g/mol. The number of nitrogens with zero attached hydrogens (tertiary/aromatic N) is 1. The maximum Gasteiger partial charge on any atom is 0.130 e. The first-order valence-corrected chi connectivity index (χ1v) is 8.14. The van der Waals surface area contributed by atoms with Crippen LogP contribution in [0.2, 0.25) is 10.2 Å². The molecule has 2 rings (SSSR count). The van der Waals surface area contributed by atoms with Crippen LogP contribution in [0, 0.1) is 0 Å². The molecule has 0 aliphatic rings. The third kappa shape index (κ3) is 4.15. The van der Waals surface area contributed by atoms with E-state index in [1.54, 1.807) is 24.0 Å². The Balaban J connectivity index is 2.04. The van der Waals surface area contributed by atoms with Crippen molar-refractivity contribution in [3.63, 3.8) is 0 Å². The van der Waals surface area contributed by atoms with Gasteiger partial charge in [0.15, 0.2) is 0 Å². The minimum atomic E-state index is 0.190. The summed E-state index contributed by atoms with van der Waals surface area (Å²) in [5, 5.41) is 1.08. The van der Waals surface area contributed by atoms with Crippen LogP contribution in [0.15, 0.2) is 41.4 Å². The Bertz CT molecular complexity index is 588. The van der Waals surface area contributed by atoms with Gasteiger partial charge in [0.05, 0.1) is 5.02 Å². The van der Waals surface area contributed by atoms with E-state index in [1.165, 1.54) is 11.1 Å². The number of pyridine rings is 1. The topological polar surface area (TPSA) is 12.9 Å². The lowest BCUT2D eigenvalue weighted by molar-refractivity contribution is 0.590. The number of hydrogen-bond donors (Lipinski definition) is 0. The Morgan fingerprint density at radius 1 is 1.10 bits per heavy atom. The predicted octanol–water partition coefficient (Wildman–Crippen LogP) is 5.98. The number of hydrogen-bond acceptors (Lipinski definition) is 2. The van der Waals surface area contributed by atoms with Gasteiger partial charge in [-0.2, -0.15) is 0 Å². The first kappa shape index (κ1) is 15.7. The zero-order valence-corrected chi connectivity index (χ0v) is 14.1. The summed E-state index contributed by atoms with van der Waals surface area (Å²) < 4.78 is 0. The molecule has 0 bridgehead atoms. The number of benzene rings is 1. The van der Waals surface area contributed by atoms with Gasteiger partial charge in [-0.15, -0.1) is 11.8 Å². The summed E-state index contributed by atoms with van der Waals surface area (Å²) in [7, 11) is 0. The Kier molecular flexibility index (Phi) is 5.00. The van der Waals surface area contributed by atoms with Crippen LogP contribution in [0.4, 0.5) is 0 Å². The molecule has 1 aromatic carbocycles. The zero-order chi connectivity index (χ0) is 14.8. The molecule has 2 aromatic rings. The van der Waals surface area contributed by atoms with E-state index in [-0.39, 0.29) is 5.41 Å². The van der Waals surface area contributed by atoms with Crippen molar-refractivity contribution >= 4 is 35.0 Å². The third-order valence-electron chi connectivity index (χ3n) is 3.00. The number of thioether (sulfide) groups is 1. The van der Waals surface area contributed by atoms with Crippen LogP contribution in [-0.2, 0) is 11.2 Å². The molecule has 1 aromatic heterocycles. The molecule has 0 saturated carbocycles. The molecule has 0 atom stereocenters. The van der Waals surface area contributed by atoms with Gasteiger partial charge in [-0.05, 0) is 22.6 Å². The first-order chi connectivity index (χ1) is 9.36. The Labute approximate surface area is 134 Å². The number of halogens is 2. The summed E-state index contributed by atoms with van der Waals surface area (Å²) in [5.74, 6) is 0.869. The molecule has 20 heavy (non-hydrogen) atoms. The largest absolute Gasteiger partial charge is 0.243 e. The molecular formula is C16H17Cl2NS. The lowest BCUT2D eigenvalue weighted by Gasteiger charge is -2.19. The smallest absolute Gasteiger partial charge is 0.130 e. The van der Waals surface area contributed by atoms with E-state index < -0.39 is 0 Å². The molecule has 0 fully saturated rings. The summed E-state index contributed by atoms with van der Waals surface area (Å²) in [5.41, 5.74) is 2.81. The van der Waals surface area contributed by atoms with Crippen molar-refractivity contribution in [3.05, 3.63) is 57.8 Å². The highest BCUT2D eigenvalue weighted by atomic mass is 35.5. The van der Waals surface area contributed by atoms with E-state index in [2.05, 4.69) is 50.0 Å². The van der Waals surface area contributed by atoms with Crippen molar-refractivity contribution < 1.29 is 0 Å². The fraction of sp³-hybridized carbons (Fsp3) is 0.312. The quantitative estimate of drug-likeness (QED) is 0.508. The lowest BCUT2D eigenvalue weighted by atomic mass is 9.87. The van der Waals surface area contributed by atoms with Crippen LogP contribution in [-0.4, -0.2) is 4.98 Å². The van der Waals surface area contributed by atoms with Crippen LogP contribution in [0.25, 0.3) is 0 Å². The maximum atomic E-state index is 6.14. The highest BCUT2D eigenvalue weighted by molar-refractivity contribution is 7.98. The highest BCUT2D eigenvalue weighted by Gasteiger charge is 2.12. The van der Waals surface area contributed by atoms with Crippen molar-refractivity contribution in [2.75, 3.05) is 0 Å². The van der Waals surface area contributed by atoms with Crippen LogP contribution >= 0.6 is 35.0 Å². The van der Waals surface area contributed by atoms with Crippen LogP contribution in [0.3, 0.4) is 0 Å². The average molecular weight is 326 g/mol. The molecule has 1 nitrogen and oxygen atoms in total. The molecule has 0 spiro atoms. The Morgan fingerprint density at radius 2 is 1.75 bits per heavy atom. The van der Waals surface area contributed by atoms with E-state index in [4.69, 9.17) is 23.2 Å². The number of aromatic nitrogens is 1. The van der Waals surface area contributed by atoms with Crippen LogP contribution in [0.5, 0.6) is 0 Å². The van der Waals surface area contributed by atoms with Crippen LogP contribution < -0.4 is 0 Å². The molecule has 4 heteroatoms. The fourth-order valence-electron chi connectivity index (χ4n) is 1.76. The SMILES string of the molecule is CC(C)(C)c1ccc(CSc2cnc(Cl)cc2Cl)cc1. The minimum absolute atomic E-state index is 0.190. The summed E-state index contributed by atoms with van der Waals surface area (Å²) in [4.78, 5) is 5.01. The van der Waals surface area contributed by atoms with Crippen molar-refractivity contribution in [2.24, 2.45) is 0 Å². The van der Waals surface area contributed by atoms with E-state index >= 15 is 0 Å². The van der Waals surface area contributed by atoms with Crippen molar-refractivity contribution in [1.29, 1.82) is 0 Å². The second kappa shape index (κ2) is 6.38. The maximum absolute atomic E-state index is 6.14. The fourth-order valence-corrected chi connectivity index (χ4v) is 3.13. The standard InChI is InChI=1S/C16H17Cl2NS/c1-16(2,3)12-6-4-11(5-7-12)10-20-14-9-19-15(18)8-13(14)17/h4-9H,10H2,1-3H3. The van der Waals surface area contributed by atoms with E-state index in [0.717, 1.165) is 10.6 Å². The lowest BCUT2D eigenvalue weighted by Crippen LogP contribution is -2.10. The molecule has 0 N–H and O–H groups in total. The molecule has 106 valence electrons. The van der Waals surface area contributed by atoms with Gasteiger partial charge < -0.3 is 0 Å². The van der Waals surface area contributed by atoms with E-state index in [0.29, 0.717) is 10.2 Å². The van der Waals surface area contributed by atoms with Crippen molar-refractivity contribution in [2.45, 2.75) is 36.8 Å².